The van der Waals surface area contributed by atoms with E-state index < -0.39 is 5.97 Å². The summed E-state index contributed by atoms with van der Waals surface area (Å²) < 4.78 is 10.2. The maximum Gasteiger partial charge on any atom is 0.371 e. The summed E-state index contributed by atoms with van der Waals surface area (Å²) in [5.74, 6) is 0.0854. The summed E-state index contributed by atoms with van der Waals surface area (Å²) in [6.07, 6.45) is 1.68. The Labute approximate surface area is 116 Å². The molecule has 0 saturated carbocycles. The van der Waals surface area contributed by atoms with E-state index in [4.69, 9.17) is 14.3 Å². The maximum absolute atomic E-state index is 10.8. The van der Waals surface area contributed by atoms with E-state index >= 15 is 0 Å². The number of rotatable bonds is 6. The molecule has 2 aromatic heterocycles. The van der Waals surface area contributed by atoms with Gasteiger partial charge in [0.1, 0.15) is 5.76 Å². The highest BCUT2D eigenvalue weighted by Gasteiger charge is 2.12. The van der Waals surface area contributed by atoms with E-state index in [9.17, 15) is 4.79 Å². The average Bonchev–Trinajstić information content (AvgIpc) is 2.81. The number of pyridine rings is 1. The zero-order valence-corrected chi connectivity index (χ0v) is 11.3. The minimum absolute atomic E-state index is 0.0371. The van der Waals surface area contributed by atoms with Gasteiger partial charge in [0.2, 0.25) is 11.6 Å². The number of furan rings is 1. The van der Waals surface area contributed by atoms with E-state index in [-0.39, 0.29) is 5.76 Å². The van der Waals surface area contributed by atoms with Crippen molar-refractivity contribution in [3.8, 4) is 5.88 Å². The van der Waals surface area contributed by atoms with Crippen molar-refractivity contribution in [1.82, 2.24) is 10.3 Å². The number of carboxylic acids is 1. The van der Waals surface area contributed by atoms with E-state index in [1.54, 1.807) is 20.2 Å². The van der Waals surface area contributed by atoms with E-state index in [1.807, 2.05) is 12.1 Å². The Kier molecular flexibility index (Phi) is 4.37. The van der Waals surface area contributed by atoms with Crippen LogP contribution in [0.15, 0.2) is 28.8 Å². The predicted molar refractivity (Wildman–Crippen MR) is 71.7 cm³/mol. The number of nitrogens with zero attached hydrogens (tertiary/aromatic N) is 1. The van der Waals surface area contributed by atoms with Gasteiger partial charge < -0.3 is 19.6 Å². The third-order valence-corrected chi connectivity index (χ3v) is 2.88. The molecular weight excluding hydrogens is 260 g/mol. The summed E-state index contributed by atoms with van der Waals surface area (Å²) in [7, 11) is 1.57. The summed E-state index contributed by atoms with van der Waals surface area (Å²) >= 11 is 0. The van der Waals surface area contributed by atoms with Gasteiger partial charge in [0.25, 0.3) is 0 Å². The van der Waals surface area contributed by atoms with Crippen LogP contribution in [0.25, 0.3) is 0 Å². The van der Waals surface area contributed by atoms with Crippen LogP contribution >= 0.6 is 0 Å². The van der Waals surface area contributed by atoms with E-state index in [1.165, 1.54) is 6.07 Å². The standard InChI is InChI=1S/C14H16N2O4/c1-9-11(6-12(20-9)14(17)18)8-15-7-10-3-4-16-13(5-10)19-2/h3-6,15H,7-8H2,1-2H3,(H,17,18). The van der Waals surface area contributed by atoms with Crippen LogP contribution in [-0.4, -0.2) is 23.2 Å². The van der Waals surface area contributed by atoms with Crippen molar-refractivity contribution in [3.63, 3.8) is 0 Å². The summed E-state index contributed by atoms with van der Waals surface area (Å²) in [4.78, 5) is 14.8. The number of aromatic carboxylic acids is 1. The zero-order valence-electron chi connectivity index (χ0n) is 11.3. The zero-order chi connectivity index (χ0) is 14.5. The molecule has 0 fully saturated rings. The van der Waals surface area contributed by atoms with Crippen molar-refractivity contribution in [2.45, 2.75) is 20.0 Å². The van der Waals surface area contributed by atoms with Crippen LogP contribution in [0.1, 0.15) is 27.4 Å². The van der Waals surface area contributed by atoms with Crippen LogP contribution in [0.2, 0.25) is 0 Å². The first-order valence-corrected chi connectivity index (χ1v) is 6.12. The number of ether oxygens (including phenoxy) is 1. The lowest BCUT2D eigenvalue weighted by molar-refractivity contribution is 0.0661. The van der Waals surface area contributed by atoms with Gasteiger partial charge in [0.05, 0.1) is 7.11 Å². The van der Waals surface area contributed by atoms with Crippen molar-refractivity contribution in [2.75, 3.05) is 7.11 Å². The van der Waals surface area contributed by atoms with Gasteiger partial charge in [-0.2, -0.15) is 0 Å². The molecule has 0 radical (unpaired) electrons. The molecule has 6 heteroatoms. The van der Waals surface area contributed by atoms with Gasteiger partial charge in [-0.25, -0.2) is 9.78 Å². The number of hydrogen-bond donors (Lipinski definition) is 2. The Bertz CT molecular complexity index is 607. The van der Waals surface area contributed by atoms with Crippen molar-refractivity contribution in [1.29, 1.82) is 0 Å². The van der Waals surface area contributed by atoms with Gasteiger partial charge in [-0.15, -0.1) is 0 Å². The smallest absolute Gasteiger partial charge is 0.371 e. The van der Waals surface area contributed by atoms with Crippen LogP contribution < -0.4 is 10.1 Å². The second-order valence-electron chi connectivity index (χ2n) is 4.31. The fourth-order valence-electron chi connectivity index (χ4n) is 1.81. The molecule has 0 bridgehead atoms. The Morgan fingerprint density at radius 1 is 1.45 bits per heavy atom. The van der Waals surface area contributed by atoms with Crippen molar-refractivity contribution in [2.24, 2.45) is 0 Å². The Morgan fingerprint density at radius 2 is 2.25 bits per heavy atom. The third-order valence-electron chi connectivity index (χ3n) is 2.88. The second-order valence-corrected chi connectivity index (χ2v) is 4.31. The van der Waals surface area contributed by atoms with Crippen LogP contribution in [0.3, 0.4) is 0 Å². The first-order valence-electron chi connectivity index (χ1n) is 6.12. The van der Waals surface area contributed by atoms with Crippen LogP contribution in [0, 0.1) is 6.92 Å². The fourth-order valence-corrected chi connectivity index (χ4v) is 1.81. The van der Waals surface area contributed by atoms with Crippen molar-refractivity contribution >= 4 is 5.97 Å². The fraction of sp³-hybridized carbons (Fsp3) is 0.286. The lowest BCUT2D eigenvalue weighted by Gasteiger charge is -2.05. The first kappa shape index (κ1) is 14.1. The number of carbonyl (C=O) groups is 1. The number of hydrogen-bond acceptors (Lipinski definition) is 5. The summed E-state index contributed by atoms with van der Waals surface area (Å²) in [6, 6.07) is 5.27. The molecule has 2 heterocycles. The molecule has 20 heavy (non-hydrogen) atoms. The lowest BCUT2D eigenvalue weighted by Crippen LogP contribution is -2.13. The van der Waals surface area contributed by atoms with Gasteiger partial charge in [-0.3, -0.25) is 0 Å². The molecule has 0 aromatic carbocycles. The molecule has 0 saturated heterocycles. The lowest BCUT2D eigenvalue weighted by atomic mass is 10.2. The second kappa shape index (κ2) is 6.21. The molecule has 0 spiro atoms. The quantitative estimate of drug-likeness (QED) is 0.839. The SMILES string of the molecule is COc1cc(CNCc2cc(C(=O)O)oc2C)ccn1. The van der Waals surface area contributed by atoms with Crippen molar-refractivity contribution < 1.29 is 19.1 Å². The number of aromatic nitrogens is 1. The molecule has 6 nitrogen and oxygen atoms in total. The van der Waals surface area contributed by atoms with Crippen LogP contribution in [-0.2, 0) is 13.1 Å². The summed E-state index contributed by atoms with van der Waals surface area (Å²) in [5, 5.41) is 12.1. The Morgan fingerprint density at radius 3 is 2.90 bits per heavy atom. The number of methoxy groups -OCH3 is 1. The monoisotopic (exact) mass is 276 g/mol. The molecule has 2 N–H and O–H groups in total. The predicted octanol–water partition coefficient (Wildman–Crippen LogP) is 1.98. The van der Waals surface area contributed by atoms with Gasteiger partial charge in [-0.1, -0.05) is 0 Å². The molecule has 2 aromatic rings. The normalized spacial score (nSPS) is 10.5. The molecule has 106 valence electrons. The summed E-state index contributed by atoms with van der Waals surface area (Å²) in [5.41, 5.74) is 1.87. The van der Waals surface area contributed by atoms with Crippen LogP contribution in [0.5, 0.6) is 5.88 Å². The molecular formula is C14H16N2O4. The Balaban J connectivity index is 1.94. The van der Waals surface area contributed by atoms with Gasteiger partial charge >= 0.3 is 5.97 Å². The Hall–Kier alpha value is -2.34. The first-order chi connectivity index (χ1) is 9.60. The van der Waals surface area contributed by atoms with E-state index in [2.05, 4.69) is 10.3 Å². The topological polar surface area (TPSA) is 84.6 Å². The highest BCUT2D eigenvalue weighted by molar-refractivity contribution is 5.84. The number of nitrogens with one attached hydrogen (secondary N) is 1. The molecule has 0 aliphatic heterocycles. The van der Waals surface area contributed by atoms with Crippen molar-refractivity contribution in [3.05, 3.63) is 47.0 Å². The highest BCUT2D eigenvalue weighted by atomic mass is 16.5. The van der Waals surface area contributed by atoms with Crippen LogP contribution in [0.4, 0.5) is 0 Å². The highest BCUT2D eigenvalue weighted by Crippen LogP contribution is 2.15. The largest absolute Gasteiger partial charge is 0.481 e. The minimum Gasteiger partial charge on any atom is -0.481 e. The summed E-state index contributed by atoms with van der Waals surface area (Å²) in [6.45, 7) is 2.91. The molecule has 0 amide bonds. The molecule has 0 atom stereocenters. The minimum atomic E-state index is -1.06. The van der Waals surface area contributed by atoms with E-state index in [0.29, 0.717) is 24.7 Å². The maximum atomic E-state index is 10.8. The number of carboxylic acid groups (broad SMARTS) is 1. The third kappa shape index (κ3) is 3.36. The number of aryl methyl sites for hydroxylation is 1. The van der Waals surface area contributed by atoms with Gasteiger partial charge in [-0.05, 0) is 24.6 Å². The average molecular weight is 276 g/mol. The molecule has 0 unspecified atom stereocenters. The van der Waals surface area contributed by atoms with Gasteiger partial charge in [0, 0.05) is 30.9 Å². The molecule has 0 aliphatic carbocycles. The molecule has 0 aliphatic rings. The molecule has 2 rings (SSSR count). The van der Waals surface area contributed by atoms with E-state index in [0.717, 1.165) is 11.1 Å². The van der Waals surface area contributed by atoms with Gasteiger partial charge in [0.15, 0.2) is 0 Å².